The number of sulfonamides is 1. The van der Waals surface area contributed by atoms with Crippen LogP contribution in [0.2, 0.25) is 0 Å². The molecule has 132 valence electrons. The van der Waals surface area contributed by atoms with Gasteiger partial charge >= 0.3 is 0 Å². The van der Waals surface area contributed by atoms with Crippen LogP contribution in [-0.4, -0.2) is 55.5 Å². The third-order valence-electron chi connectivity index (χ3n) is 4.45. The Morgan fingerprint density at radius 1 is 1.35 bits per heavy atom. The molecular formula is C15H27N3O4S. The fourth-order valence-electron chi connectivity index (χ4n) is 3.26. The van der Waals surface area contributed by atoms with Crippen molar-refractivity contribution in [1.29, 1.82) is 0 Å². The summed E-state index contributed by atoms with van der Waals surface area (Å²) < 4.78 is 26.0. The number of nitrogens with one attached hydrogen (secondary N) is 2. The van der Waals surface area contributed by atoms with Gasteiger partial charge in [0.1, 0.15) is 6.04 Å². The molecule has 23 heavy (non-hydrogen) atoms. The lowest BCUT2D eigenvalue weighted by Gasteiger charge is -2.33. The molecule has 2 heterocycles. The zero-order valence-electron chi connectivity index (χ0n) is 13.7. The molecule has 2 aliphatic heterocycles. The van der Waals surface area contributed by atoms with E-state index in [0.717, 1.165) is 19.3 Å². The van der Waals surface area contributed by atoms with Crippen molar-refractivity contribution in [2.75, 3.05) is 18.8 Å². The standard InChI is InChI=1S/C15H27N3O4S/c1-2-11-23(21,22)18-10-4-3-5-13(18)15(20)16-9-8-12-6-7-14(19)17-12/h12-13H,2-11H2,1H3,(H,16,20)(H,17,19)/t12-,13+/m0/s1. The number of rotatable bonds is 7. The van der Waals surface area contributed by atoms with Crippen LogP contribution in [0, 0.1) is 0 Å². The van der Waals surface area contributed by atoms with Gasteiger partial charge in [-0.15, -0.1) is 0 Å². The van der Waals surface area contributed by atoms with E-state index in [4.69, 9.17) is 0 Å². The highest BCUT2D eigenvalue weighted by atomic mass is 32.2. The molecule has 2 fully saturated rings. The maximum absolute atomic E-state index is 12.4. The van der Waals surface area contributed by atoms with E-state index >= 15 is 0 Å². The second-order valence-electron chi connectivity index (χ2n) is 6.32. The Kier molecular flexibility index (Phi) is 6.41. The topological polar surface area (TPSA) is 95.6 Å². The monoisotopic (exact) mass is 345 g/mol. The van der Waals surface area contributed by atoms with Gasteiger partial charge in [-0.2, -0.15) is 4.31 Å². The molecule has 0 spiro atoms. The molecule has 0 radical (unpaired) electrons. The van der Waals surface area contributed by atoms with Crippen molar-refractivity contribution in [2.45, 2.75) is 64.0 Å². The van der Waals surface area contributed by atoms with E-state index in [1.165, 1.54) is 4.31 Å². The minimum atomic E-state index is -3.36. The number of piperidine rings is 1. The van der Waals surface area contributed by atoms with Crippen molar-refractivity contribution in [1.82, 2.24) is 14.9 Å². The Labute approximate surface area is 138 Å². The van der Waals surface area contributed by atoms with Crippen molar-refractivity contribution in [3.8, 4) is 0 Å². The van der Waals surface area contributed by atoms with Crippen LogP contribution in [0.4, 0.5) is 0 Å². The van der Waals surface area contributed by atoms with E-state index in [9.17, 15) is 18.0 Å². The summed E-state index contributed by atoms with van der Waals surface area (Å²) in [6.45, 7) is 2.72. The van der Waals surface area contributed by atoms with Crippen LogP contribution in [-0.2, 0) is 19.6 Å². The van der Waals surface area contributed by atoms with E-state index in [2.05, 4.69) is 10.6 Å². The summed E-state index contributed by atoms with van der Waals surface area (Å²) >= 11 is 0. The highest BCUT2D eigenvalue weighted by Crippen LogP contribution is 2.21. The smallest absolute Gasteiger partial charge is 0.238 e. The van der Waals surface area contributed by atoms with Gasteiger partial charge in [-0.3, -0.25) is 9.59 Å². The van der Waals surface area contributed by atoms with Crippen molar-refractivity contribution >= 4 is 21.8 Å². The third-order valence-corrected chi connectivity index (χ3v) is 6.53. The van der Waals surface area contributed by atoms with E-state index < -0.39 is 16.1 Å². The Morgan fingerprint density at radius 2 is 2.13 bits per heavy atom. The molecule has 2 amide bonds. The van der Waals surface area contributed by atoms with Crippen LogP contribution < -0.4 is 10.6 Å². The summed E-state index contributed by atoms with van der Waals surface area (Å²) in [5, 5.41) is 5.70. The van der Waals surface area contributed by atoms with Gasteiger partial charge in [-0.25, -0.2) is 8.42 Å². The predicted molar refractivity (Wildman–Crippen MR) is 87.2 cm³/mol. The quantitative estimate of drug-likeness (QED) is 0.697. The number of hydrogen-bond acceptors (Lipinski definition) is 4. The SMILES string of the molecule is CCCS(=O)(=O)N1CCCC[C@@H]1C(=O)NCC[C@@H]1CCC(=O)N1. The average Bonchev–Trinajstić information content (AvgIpc) is 2.92. The summed E-state index contributed by atoms with van der Waals surface area (Å²) in [6, 6.07) is -0.465. The maximum atomic E-state index is 12.4. The van der Waals surface area contributed by atoms with Gasteiger partial charge < -0.3 is 10.6 Å². The Balaban J connectivity index is 1.86. The minimum Gasteiger partial charge on any atom is -0.355 e. The van der Waals surface area contributed by atoms with E-state index in [-0.39, 0.29) is 23.6 Å². The van der Waals surface area contributed by atoms with Crippen molar-refractivity contribution in [3.05, 3.63) is 0 Å². The molecule has 0 aromatic rings. The first kappa shape index (κ1) is 18.2. The summed E-state index contributed by atoms with van der Waals surface area (Å²) in [5.41, 5.74) is 0. The van der Waals surface area contributed by atoms with Crippen LogP contribution in [0.3, 0.4) is 0 Å². The zero-order valence-corrected chi connectivity index (χ0v) is 14.5. The highest BCUT2D eigenvalue weighted by molar-refractivity contribution is 7.89. The molecule has 0 aromatic carbocycles. The molecule has 0 unspecified atom stereocenters. The van der Waals surface area contributed by atoms with Gasteiger partial charge in [0.2, 0.25) is 21.8 Å². The molecule has 8 heteroatoms. The van der Waals surface area contributed by atoms with Gasteiger partial charge in [0.15, 0.2) is 0 Å². The molecule has 2 saturated heterocycles. The molecule has 7 nitrogen and oxygen atoms in total. The van der Waals surface area contributed by atoms with E-state index in [1.807, 2.05) is 6.92 Å². The molecule has 2 aliphatic rings. The fourth-order valence-corrected chi connectivity index (χ4v) is 5.00. The Hall–Kier alpha value is -1.15. The lowest BCUT2D eigenvalue weighted by molar-refractivity contribution is -0.125. The van der Waals surface area contributed by atoms with Crippen LogP contribution >= 0.6 is 0 Å². The Morgan fingerprint density at radius 3 is 2.78 bits per heavy atom. The first-order valence-electron chi connectivity index (χ1n) is 8.50. The second kappa shape index (κ2) is 8.10. The number of nitrogens with zero attached hydrogens (tertiary/aromatic N) is 1. The maximum Gasteiger partial charge on any atom is 0.238 e. The first-order valence-corrected chi connectivity index (χ1v) is 10.1. The van der Waals surface area contributed by atoms with Crippen molar-refractivity contribution in [2.24, 2.45) is 0 Å². The van der Waals surface area contributed by atoms with Gasteiger partial charge in [0.05, 0.1) is 5.75 Å². The molecule has 2 N–H and O–H groups in total. The van der Waals surface area contributed by atoms with Gasteiger partial charge in [-0.1, -0.05) is 13.3 Å². The second-order valence-corrected chi connectivity index (χ2v) is 8.36. The van der Waals surface area contributed by atoms with Crippen LogP contribution in [0.5, 0.6) is 0 Å². The number of carbonyl (C=O) groups is 2. The average molecular weight is 345 g/mol. The van der Waals surface area contributed by atoms with Gasteiger partial charge in [0, 0.05) is 25.6 Å². The van der Waals surface area contributed by atoms with Crippen LogP contribution in [0.15, 0.2) is 0 Å². The number of carbonyl (C=O) groups excluding carboxylic acids is 2. The summed E-state index contributed by atoms with van der Waals surface area (Å²) in [6.07, 6.45) is 4.84. The highest BCUT2D eigenvalue weighted by Gasteiger charge is 2.36. The normalized spacial score (nSPS) is 26.0. The zero-order chi connectivity index (χ0) is 16.9. The molecule has 0 aliphatic carbocycles. The largest absolute Gasteiger partial charge is 0.355 e. The molecule has 0 bridgehead atoms. The fraction of sp³-hybridized carbons (Fsp3) is 0.867. The van der Waals surface area contributed by atoms with Crippen molar-refractivity contribution < 1.29 is 18.0 Å². The first-order chi connectivity index (χ1) is 10.9. The molecule has 0 aromatic heterocycles. The summed E-state index contributed by atoms with van der Waals surface area (Å²) in [5.74, 6) is -0.0654. The summed E-state index contributed by atoms with van der Waals surface area (Å²) in [4.78, 5) is 23.5. The molecule has 2 atom stereocenters. The van der Waals surface area contributed by atoms with E-state index in [1.54, 1.807) is 0 Å². The minimum absolute atomic E-state index is 0.0606. The van der Waals surface area contributed by atoms with Crippen LogP contribution in [0.1, 0.15) is 51.9 Å². The van der Waals surface area contributed by atoms with Gasteiger partial charge in [0.25, 0.3) is 0 Å². The summed E-state index contributed by atoms with van der Waals surface area (Å²) in [7, 11) is -3.36. The van der Waals surface area contributed by atoms with Crippen LogP contribution in [0.25, 0.3) is 0 Å². The third kappa shape index (κ3) is 4.91. The van der Waals surface area contributed by atoms with E-state index in [0.29, 0.717) is 38.8 Å². The van der Waals surface area contributed by atoms with Gasteiger partial charge in [-0.05, 0) is 32.1 Å². The Bertz CT molecular complexity index is 535. The lowest BCUT2D eigenvalue weighted by Crippen LogP contribution is -2.52. The number of hydrogen-bond donors (Lipinski definition) is 2. The lowest BCUT2D eigenvalue weighted by atomic mass is 10.0. The molecule has 2 rings (SSSR count). The number of amides is 2. The predicted octanol–water partition coefficient (Wildman–Crippen LogP) is 0.366. The molecular weight excluding hydrogens is 318 g/mol. The molecule has 0 saturated carbocycles. The van der Waals surface area contributed by atoms with Crippen molar-refractivity contribution in [3.63, 3.8) is 0 Å².